The number of aryl methyl sites for hydroxylation is 1. The fourth-order valence-corrected chi connectivity index (χ4v) is 3.31. The number of amides is 1. The summed E-state index contributed by atoms with van der Waals surface area (Å²) in [5.74, 6) is -2.78. The SMILES string of the molecule is O=C(NCC1CCCc2ccccc21)C1CC(F)(F)CN1. The Kier molecular flexibility index (Phi) is 3.93. The maximum absolute atomic E-state index is 13.1. The number of fused-ring (bicyclic) bond motifs is 1. The Morgan fingerprint density at radius 2 is 2.19 bits per heavy atom. The van der Waals surface area contributed by atoms with Crippen molar-refractivity contribution in [3.63, 3.8) is 0 Å². The molecule has 1 fully saturated rings. The van der Waals surface area contributed by atoms with E-state index in [2.05, 4.69) is 22.8 Å². The molecular formula is C16H20F2N2O. The first-order chi connectivity index (χ1) is 10.1. The van der Waals surface area contributed by atoms with E-state index < -0.39 is 24.9 Å². The second-order valence-corrected chi connectivity index (χ2v) is 6.03. The van der Waals surface area contributed by atoms with Gasteiger partial charge in [0.15, 0.2) is 0 Å². The smallest absolute Gasteiger partial charge is 0.262 e. The van der Waals surface area contributed by atoms with Crippen LogP contribution < -0.4 is 10.6 Å². The van der Waals surface area contributed by atoms with Crippen molar-refractivity contribution in [1.82, 2.24) is 10.6 Å². The maximum Gasteiger partial charge on any atom is 0.262 e. The monoisotopic (exact) mass is 294 g/mol. The predicted octanol–water partition coefficient (Wildman–Crippen LogP) is 2.22. The highest BCUT2D eigenvalue weighted by Crippen LogP contribution is 2.31. The van der Waals surface area contributed by atoms with E-state index in [1.165, 1.54) is 11.1 Å². The van der Waals surface area contributed by atoms with Gasteiger partial charge in [-0.3, -0.25) is 10.1 Å². The van der Waals surface area contributed by atoms with Crippen LogP contribution in [0.1, 0.15) is 36.3 Å². The first-order valence-corrected chi connectivity index (χ1v) is 7.52. The molecule has 5 heteroatoms. The van der Waals surface area contributed by atoms with Crippen LogP contribution in [0.5, 0.6) is 0 Å². The molecule has 0 bridgehead atoms. The molecule has 1 aliphatic heterocycles. The number of hydrogen-bond acceptors (Lipinski definition) is 2. The summed E-state index contributed by atoms with van der Waals surface area (Å²) in [5.41, 5.74) is 2.63. The topological polar surface area (TPSA) is 41.1 Å². The van der Waals surface area contributed by atoms with E-state index in [1.807, 2.05) is 12.1 Å². The van der Waals surface area contributed by atoms with Crippen molar-refractivity contribution in [2.75, 3.05) is 13.1 Å². The molecule has 1 amide bonds. The van der Waals surface area contributed by atoms with Crippen LogP contribution in [0.2, 0.25) is 0 Å². The normalized spacial score (nSPS) is 27.1. The lowest BCUT2D eigenvalue weighted by Gasteiger charge is -2.26. The number of carbonyl (C=O) groups is 1. The first-order valence-electron chi connectivity index (χ1n) is 7.52. The highest BCUT2D eigenvalue weighted by molar-refractivity contribution is 5.82. The number of alkyl halides is 2. The Morgan fingerprint density at radius 1 is 1.38 bits per heavy atom. The van der Waals surface area contributed by atoms with Gasteiger partial charge in [0, 0.05) is 18.9 Å². The molecule has 0 saturated carbocycles. The summed E-state index contributed by atoms with van der Waals surface area (Å²) in [6.07, 6.45) is 2.82. The number of nitrogens with one attached hydrogen (secondary N) is 2. The highest BCUT2D eigenvalue weighted by atomic mass is 19.3. The van der Waals surface area contributed by atoms with Gasteiger partial charge < -0.3 is 5.32 Å². The molecule has 0 spiro atoms. The molecule has 2 atom stereocenters. The van der Waals surface area contributed by atoms with Crippen molar-refractivity contribution >= 4 is 5.91 Å². The quantitative estimate of drug-likeness (QED) is 0.897. The first kappa shape index (κ1) is 14.4. The zero-order chi connectivity index (χ0) is 14.9. The minimum absolute atomic E-state index is 0.292. The maximum atomic E-state index is 13.1. The van der Waals surface area contributed by atoms with Gasteiger partial charge in [-0.25, -0.2) is 8.78 Å². The van der Waals surface area contributed by atoms with E-state index in [9.17, 15) is 13.6 Å². The van der Waals surface area contributed by atoms with Gasteiger partial charge in [-0.05, 0) is 30.4 Å². The van der Waals surface area contributed by atoms with E-state index >= 15 is 0 Å². The van der Waals surface area contributed by atoms with Gasteiger partial charge in [-0.1, -0.05) is 24.3 Å². The lowest BCUT2D eigenvalue weighted by Crippen LogP contribution is -2.42. The van der Waals surface area contributed by atoms with Crippen molar-refractivity contribution < 1.29 is 13.6 Å². The van der Waals surface area contributed by atoms with Crippen LogP contribution in [0, 0.1) is 0 Å². The van der Waals surface area contributed by atoms with Crippen molar-refractivity contribution in [1.29, 1.82) is 0 Å². The summed E-state index contributed by atoms with van der Waals surface area (Å²) in [4.78, 5) is 12.0. The molecule has 1 aromatic carbocycles. The summed E-state index contributed by atoms with van der Waals surface area (Å²) < 4.78 is 26.2. The zero-order valence-electron chi connectivity index (χ0n) is 11.9. The van der Waals surface area contributed by atoms with E-state index in [1.54, 1.807) is 0 Å². The van der Waals surface area contributed by atoms with Crippen LogP contribution in [0.25, 0.3) is 0 Å². The molecule has 3 rings (SSSR count). The second-order valence-electron chi connectivity index (χ2n) is 6.03. The fourth-order valence-electron chi connectivity index (χ4n) is 3.31. The number of carbonyl (C=O) groups excluding carboxylic acids is 1. The Balaban J connectivity index is 1.58. The van der Waals surface area contributed by atoms with E-state index in [4.69, 9.17) is 0 Å². The minimum Gasteiger partial charge on any atom is -0.354 e. The number of hydrogen-bond donors (Lipinski definition) is 2. The van der Waals surface area contributed by atoms with Crippen molar-refractivity contribution in [3.05, 3.63) is 35.4 Å². The molecule has 2 unspecified atom stereocenters. The molecule has 1 aliphatic carbocycles. The summed E-state index contributed by atoms with van der Waals surface area (Å²) in [6.45, 7) is 0.122. The molecule has 1 aromatic rings. The average Bonchev–Trinajstić information content (AvgIpc) is 2.85. The summed E-state index contributed by atoms with van der Waals surface area (Å²) in [7, 11) is 0. The number of benzene rings is 1. The number of rotatable bonds is 3. The lowest BCUT2D eigenvalue weighted by atomic mass is 9.83. The summed E-state index contributed by atoms with van der Waals surface area (Å²) in [5, 5.41) is 5.43. The third-order valence-corrected chi connectivity index (χ3v) is 4.44. The van der Waals surface area contributed by atoms with E-state index in [0.29, 0.717) is 12.5 Å². The van der Waals surface area contributed by atoms with Crippen LogP contribution >= 0.6 is 0 Å². The van der Waals surface area contributed by atoms with Gasteiger partial charge in [-0.15, -0.1) is 0 Å². The van der Waals surface area contributed by atoms with Crippen LogP contribution in [0.15, 0.2) is 24.3 Å². The molecule has 2 N–H and O–H groups in total. The van der Waals surface area contributed by atoms with Crippen molar-refractivity contribution in [2.24, 2.45) is 0 Å². The second kappa shape index (κ2) is 5.72. The van der Waals surface area contributed by atoms with Crippen LogP contribution in [-0.4, -0.2) is 31.0 Å². The Hall–Kier alpha value is -1.49. The van der Waals surface area contributed by atoms with E-state index in [-0.39, 0.29) is 5.91 Å². The lowest BCUT2D eigenvalue weighted by molar-refractivity contribution is -0.123. The largest absolute Gasteiger partial charge is 0.354 e. The highest BCUT2D eigenvalue weighted by Gasteiger charge is 2.42. The molecule has 1 heterocycles. The van der Waals surface area contributed by atoms with Crippen molar-refractivity contribution in [2.45, 2.75) is 43.6 Å². The third-order valence-electron chi connectivity index (χ3n) is 4.44. The van der Waals surface area contributed by atoms with Gasteiger partial charge in [0.25, 0.3) is 5.92 Å². The van der Waals surface area contributed by atoms with Gasteiger partial charge in [-0.2, -0.15) is 0 Å². The molecule has 114 valence electrons. The molecule has 2 aliphatic rings. The fraction of sp³-hybridized carbons (Fsp3) is 0.562. The van der Waals surface area contributed by atoms with Crippen LogP contribution in [0.4, 0.5) is 8.78 Å². The number of halogens is 2. The van der Waals surface area contributed by atoms with Gasteiger partial charge in [0.2, 0.25) is 5.91 Å². The standard InChI is InChI=1S/C16H20F2N2O/c17-16(18)8-14(20-10-16)15(21)19-9-12-6-3-5-11-4-1-2-7-13(11)12/h1-2,4,7,12,14,20H,3,5-6,8-10H2,(H,19,21). The third kappa shape index (κ3) is 3.23. The van der Waals surface area contributed by atoms with Gasteiger partial charge in [0.05, 0.1) is 12.6 Å². The van der Waals surface area contributed by atoms with Gasteiger partial charge >= 0.3 is 0 Å². The Bertz CT molecular complexity index is 533. The molecule has 0 aromatic heterocycles. The van der Waals surface area contributed by atoms with E-state index in [0.717, 1.165) is 19.3 Å². The molecule has 3 nitrogen and oxygen atoms in total. The minimum atomic E-state index is -2.76. The molecule has 21 heavy (non-hydrogen) atoms. The Morgan fingerprint density at radius 3 is 2.95 bits per heavy atom. The van der Waals surface area contributed by atoms with Crippen LogP contribution in [0.3, 0.4) is 0 Å². The zero-order valence-corrected chi connectivity index (χ0v) is 11.9. The predicted molar refractivity (Wildman–Crippen MR) is 76.5 cm³/mol. The van der Waals surface area contributed by atoms with Gasteiger partial charge in [0.1, 0.15) is 0 Å². The molecular weight excluding hydrogens is 274 g/mol. The van der Waals surface area contributed by atoms with Crippen LogP contribution in [-0.2, 0) is 11.2 Å². The molecule has 0 radical (unpaired) electrons. The van der Waals surface area contributed by atoms with Crippen molar-refractivity contribution in [3.8, 4) is 0 Å². The summed E-state index contributed by atoms with van der Waals surface area (Å²) in [6, 6.07) is 7.51. The average molecular weight is 294 g/mol. The summed E-state index contributed by atoms with van der Waals surface area (Å²) >= 11 is 0. The Labute approximate surface area is 123 Å². The molecule has 1 saturated heterocycles.